The van der Waals surface area contributed by atoms with Gasteiger partial charge in [0, 0.05) is 25.7 Å². The lowest BCUT2D eigenvalue weighted by Crippen LogP contribution is -2.30. The van der Waals surface area contributed by atoms with Crippen LogP contribution in [0.5, 0.6) is 0 Å². The van der Waals surface area contributed by atoms with Gasteiger partial charge in [0.2, 0.25) is 0 Å². The lowest BCUT2D eigenvalue weighted by molar-refractivity contribution is -0.161. The van der Waals surface area contributed by atoms with Gasteiger partial charge in [0.05, 0.1) is 26.4 Å². The van der Waals surface area contributed by atoms with Crippen LogP contribution in [-0.4, -0.2) is 96.7 Å². The standard InChI is InChI=1S/C77H150O17P2/c1-8-9-10-11-12-29-36-44-51-58-74(79)87-65-73(94-77(82)61-54-47-40-39-43-50-57-70(6)7)67-92-96(85,86)90-63-71(78)62-89-95(83,84)91-66-72(64-88-75(80)59-52-45-37-32-27-23-20-19-22-26-31-35-42-49-56-69(4)5)93-76(81)60-53-46-38-33-28-24-18-16-14-13-15-17-21-25-30-34-41-48-55-68(2)3/h68-73,78H,8-67H2,1-7H3,(H,83,84)(H,85,86)/t71-,72-,73-/m1/s1. The van der Waals surface area contributed by atoms with E-state index < -0.39 is 97.5 Å². The highest BCUT2D eigenvalue weighted by atomic mass is 31.2. The maximum Gasteiger partial charge on any atom is 0.472 e. The number of carbonyl (C=O) groups is 4. The van der Waals surface area contributed by atoms with Gasteiger partial charge in [0.15, 0.2) is 12.2 Å². The smallest absolute Gasteiger partial charge is 0.462 e. The van der Waals surface area contributed by atoms with Gasteiger partial charge in [-0.3, -0.25) is 37.3 Å². The quantitative estimate of drug-likeness (QED) is 0.0222. The summed E-state index contributed by atoms with van der Waals surface area (Å²) in [5.74, 6) is 0.166. The van der Waals surface area contributed by atoms with Crippen molar-refractivity contribution in [3.05, 3.63) is 0 Å². The molecule has 0 radical (unpaired) electrons. The molecule has 0 bridgehead atoms. The zero-order valence-corrected chi connectivity index (χ0v) is 64.6. The minimum absolute atomic E-state index is 0.102. The van der Waals surface area contributed by atoms with Crippen LogP contribution < -0.4 is 0 Å². The number of unbranched alkanes of at least 4 members (excludes halogenated alkanes) is 43. The van der Waals surface area contributed by atoms with E-state index >= 15 is 0 Å². The van der Waals surface area contributed by atoms with Gasteiger partial charge in [-0.1, -0.05) is 344 Å². The van der Waals surface area contributed by atoms with Crippen LogP contribution in [0.3, 0.4) is 0 Å². The first-order valence-electron chi connectivity index (χ1n) is 39.8. The van der Waals surface area contributed by atoms with Crippen molar-refractivity contribution in [2.24, 2.45) is 17.8 Å². The molecule has 17 nitrogen and oxygen atoms in total. The van der Waals surface area contributed by atoms with Crippen LogP contribution in [0.1, 0.15) is 395 Å². The number of carbonyl (C=O) groups excluding carboxylic acids is 4. The van der Waals surface area contributed by atoms with Crippen molar-refractivity contribution in [3.63, 3.8) is 0 Å². The van der Waals surface area contributed by atoms with E-state index in [1.54, 1.807) is 0 Å². The zero-order valence-electron chi connectivity index (χ0n) is 62.8. The molecular formula is C77H150O17P2. The molecule has 0 aromatic rings. The SMILES string of the molecule is CCCCCCCCCCCC(=O)OC[C@H](COP(=O)(O)OC[C@H](O)COP(=O)(O)OC[C@@H](COC(=O)CCCCCCCCCCCCCCCCC(C)C)OC(=O)CCCCCCCCCCCCCCCCCCCCC(C)C)OC(=O)CCCCCCCCC(C)C. The molecule has 0 saturated heterocycles. The molecule has 0 aliphatic rings. The zero-order chi connectivity index (χ0) is 70.9. The van der Waals surface area contributed by atoms with Gasteiger partial charge in [0.25, 0.3) is 0 Å². The third-order valence-corrected chi connectivity index (χ3v) is 19.8. The molecule has 0 spiro atoms. The average molecular weight is 1410 g/mol. The third kappa shape index (κ3) is 70.5. The molecule has 570 valence electrons. The Kier molecular flexibility index (Phi) is 66.2. The highest BCUT2D eigenvalue weighted by molar-refractivity contribution is 7.47. The Bertz CT molecular complexity index is 1870. The first-order chi connectivity index (χ1) is 46.2. The molecule has 96 heavy (non-hydrogen) atoms. The molecule has 19 heteroatoms. The average Bonchev–Trinajstić information content (AvgIpc) is 1.10. The summed E-state index contributed by atoms with van der Waals surface area (Å²) in [7, 11) is -9.91. The summed E-state index contributed by atoms with van der Waals surface area (Å²) in [5, 5.41) is 10.6. The van der Waals surface area contributed by atoms with Crippen molar-refractivity contribution >= 4 is 39.5 Å². The van der Waals surface area contributed by atoms with Gasteiger partial charge in [-0.25, -0.2) is 9.13 Å². The summed E-state index contributed by atoms with van der Waals surface area (Å²) in [6, 6.07) is 0. The molecule has 0 aliphatic carbocycles. The lowest BCUT2D eigenvalue weighted by atomic mass is 10.0. The molecule has 0 aromatic heterocycles. The van der Waals surface area contributed by atoms with Crippen molar-refractivity contribution in [3.8, 4) is 0 Å². The lowest BCUT2D eigenvalue weighted by Gasteiger charge is -2.21. The van der Waals surface area contributed by atoms with Crippen LogP contribution in [0.25, 0.3) is 0 Å². The number of aliphatic hydroxyl groups is 1. The molecule has 0 aromatic carbocycles. The Balaban J connectivity index is 5.17. The van der Waals surface area contributed by atoms with Gasteiger partial charge >= 0.3 is 39.5 Å². The van der Waals surface area contributed by atoms with Gasteiger partial charge in [-0.2, -0.15) is 0 Å². The number of phosphoric acid groups is 2. The predicted molar refractivity (Wildman–Crippen MR) is 391 cm³/mol. The fourth-order valence-corrected chi connectivity index (χ4v) is 13.4. The van der Waals surface area contributed by atoms with Gasteiger partial charge in [-0.15, -0.1) is 0 Å². The van der Waals surface area contributed by atoms with Gasteiger partial charge in [0.1, 0.15) is 19.3 Å². The molecule has 0 heterocycles. The monoisotopic (exact) mass is 1410 g/mol. The fraction of sp³-hybridized carbons (Fsp3) is 0.948. The molecule has 0 aliphatic heterocycles. The molecular weight excluding hydrogens is 1260 g/mol. The van der Waals surface area contributed by atoms with E-state index in [4.69, 9.17) is 37.0 Å². The second-order valence-electron chi connectivity index (χ2n) is 29.2. The molecule has 2 unspecified atom stereocenters. The maximum absolute atomic E-state index is 13.1. The summed E-state index contributed by atoms with van der Waals surface area (Å²) < 4.78 is 68.4. The molecule has 0 saturated carbocycles. The predicted octanol–water partition coefficient (Wildman–Crippen LogP) is 22.6. The number of hydrogen-bond donors (Lipinski definition) is 3. The van der Waals surface area contributed by atoms with E-state index in [1.165, 1.54) is 205 Å². The molecule has 5 atom stereocenters. The summed E-state index contributed by atoms with van der Waals surface area (Å²) in [5.41, 5.74) is 0. The summed E-state index contributed by atoms with van der Waals surface area (Å²) >= 11 is 0. The van der Waals surface area contributed by atoms with Crippen molar-refractivity contribution < 1.29 is 80.2 Å². The van der Waals surface area contributed by atoms with Crippen molar-refractivity contribution in [2.45, 2.75) is 414 Å². The van der Waals surface area contributed by atoms with Gasteiger partial charge < -0.3 is 33.8 Å². The van der Waals surface area contributed by atoms with Crippen LogP contribution in [-0.2, 0) is 65.4 Å². The van der Waals surface area contributed by atoms with Gasteiger partial charge in [-0.05, 0) is 43.4 Å². The second kappa shape index (κ2) is 67.5. The Hall–Kier alpha value is -1.94. The van der Waals surface area contributed by atoms with E-state index in [-0.39, 0.29) is 25.7 Å². The minimum Gasteiger partial charge on any atom is -0.462 e. The van der Waals surface area contributed by atoms with Crippen molar-refractivity contribution in [1.29, 1.82) is 0 Å². The Morgan fingerprint density at radius 2 is 0.479 bits per heavy atom. The van der Waals surface area contributed by atoms with E-state index in [1.807, 2.05) is 0 Å². The normalized spacial score (nSPS) is 14.1. The Labute approximate surface area is 588 Å². The summed E-state index contributed by atoms with van der Waals surface area (Å²) in [6.07, 6.45) is 54.4. The Morgan fingerprint density at radius 3 is 0.708 bits per heavy atom. The molecule has 0 rings (SSSR count). The van der Waals surface area contributed by atoms with Crippen molar-refractivity contribution in [1.82, 2.24) is 0 Å². The summed E-state index contributed by atoms with van der Waals surface area (Å²) in [4.78, 5) is 72.7. The van der Waals surface area contributed by atoms with Crippen LogP contribution in [0.2, 0.25) is 0 Å². The first kappa shape index (κ1) is 94.1. The number of aliphatic hydroxyl groups excluding tert-OH is 1. The fourth-order valence-electron chi connectivity index (χ4n) is 11.8. The highest BCUT2D eigenvalue weighted by Gasteiger charge is 2.30. The van der Waals surface area contributed by atoms with Crippen LogP contribution >= 0.6 is 15.6 Å². The molecule has 0 fully saturated rings. The van der Waals surface area contributed by atoms with E-state index in [0.717, 1.165) is 102 Å². The van der Waals surface area contributed by atoms with Crippen LogP contribution in [0.15, 0.2) is 0 Å². The molecule has 3 N–H and O–H groups in total. The van der Waals surface area contributed by atoms with E-state index in [0.29, 0.717) is 31.6 Å². The number of hydrogen-bond acceptors (Lipinski definition) is 15. The number of phosphoric ester groups is 2. The number of rotatable bonds is 75. The van der Waals surface area contributed by atoms with Crippen LogP contribution in [0, 0.1) is 17.8 Å². The maximum atomic E-state index is 13.1. The second-order valence-corrected chi connectivity index (χ2v) is 32.1. The van der Waals surface area contributed by atoms with Crippen LogP contribution in [0.4, 0.5) is 0 Å². The number of esters is 4. The Morgan fingerprint density at radius 1 is 0.281 bits per heavy atom. The number of ether oxygens (including phenoxy) is 4. The largest absolute Gasteiger partial charge is 0.472 e. The van der Waals surface area contributed by atoms with E-state index in [9.17, 15) is 43.2 Å². The first-order valence-corrected chi connectivity index (χ1v) is 42.8. The topological polar surface area (TPSA) is 237 Å². The highest BCUT2D eigenvalue weighted by Crippen LogP contribution is 2.45. The summed E-state index contributed by atoms with van der Waals surface area (Å²) in [6.45, 7) is 11.9. The third-order valence-electron chi connectivity index (χ3n) is 17.9. The molecule has 0 amide bonds. The minimum atomic E-state index is -4.96. The van der Waals surface area contributed by atoms with E-state index in [2.05, 4.69) is 48.5 Å². The van der Waals surface area contributed by atoms with Crippen molar-refractivity contribution in [2.75, 3.05) is 39.6 Å².